The van der Waals surface area contributed by atoms with Gasteiger partial charge in [-0.15, -0.1) is 0 Å². The molecule has 0 bridgehead atoms. The van der Waals surface area contributed by atoms with E-state index in [1.54, 1.807) is 14.2 Å². The summed E-state index contributed by atoms with van der Waals surface area (Å²) >= 11 is 0. The van der Waals surface area contributed by atoms with Crippen LogP contribution in [0.4, 0.5) is 5.69 Å². The maximum absolute atomic E-state index is 5.84. The minimum absolute atomic E-state index is 0.459. The predicted molar refractivity (Wildman–Crippen MR) is 80.2 cm³/mol. The van der Waals surface area contributed by atoms with Crippen molar-refractivity contribution in [2.24, 2.45) is 17.6 Å². The Morgan fingerprint density at radius 3 is 2.37 bits per heavy atom. The highest BCUT2D eigenvalue weighted by Gasteiger charge is 2.17. The second kappa shape index (κ2) is 7.24. The van der Waals surface area contributed by atoms with Gasteiger partial charge in [0, 0.05) is 19.7 Å². The van der Waals surface area contributed by atoms with Gasteiger partial charge in [0.25, 0.3) is 0 Å². The molecular formula is C15H26N2O2. The van der Waals surface area contributed by atoms with E-state index in [0.717, 1.165) is 23.7 Å². The van der Waals surface area contributed by atoms with Gasteiger partial charge in [0.1, 0.15) is 11.5 Å². The van der Waals surface area contributed by atoms with Gasteiger partial charge in [0.15, 0.2) is 0 Å². The van der Waals surface area contributed by atoms with E-state index in [2.05, 4.69) is 25.8 Å². The summed E-state index contributed by atoms with van der Waals surface area (Å²) in [7, 11) is 5.41. The summed E-state index contributed by atoms with van der Waals surface area (Å²) in [6.45, 7) is 5.99. The first-order valence-electron chi connectivity index (χ1n) is 6.66. The summed E-state index contributed by atoms with van der Waals surface area (Å²) in [5, 5.41) is 0. The van der Waals surface area contributed by atoms with Gasteiger partial charge >= 0.3 is 0 Å². The van der Waals surface area contributed by atoms with E-state index in [9.17, 15) is 0 Å². The summed E-state index contributed by atoms with van der Waals surface area (Å²) in [6.07, 6.45) is 0. The zero-order valence-electron chi connectivity index (χ0n) is 12.6. The molecule has 1 rings (SSSR count). The zero-order valence-corrected chi connectivity index (χ0v) is 12.6. The molecular weight excluding hydrogens is 240 g/mol. The Bertz CT molecular complexity index is 394. The van der Waals surface area contributed by atoms with Crippen molar-refractivity contribution in [1.82, 2.24) is 0 Å². The van der Waals surface area contributed by atoms with Crippen molar-refractivity contribution >= 4 is 5.69 Å². The molecule has 0 aliphatic rings. The Hall–Kier alpha value is -1.42. The molecule has 1 unspecified atom stereocenters. The molecule has 0 aliphatic carbocycles. The summed E-state index contributed by atoms with van der Waals surface area (Å²) in [4.78, 5) is 2.18. The summed E-state index contributed by atoms with van der Waals surface area (Å²) < 4.78 is 10.7. The van der Waals surface area contributed by atoms with Gasteiger partial charge in [-0.25, -0.2) is 0 Å². The van der Waals surface area contributed by atoms with Gasteiger partial charge in [0.2, 0.25) is 0 Å². The monoisotopic (exact) mass is 266 g/mol. The molecule has 1 atom stereocenters. The molecule has 1 aromatic carbocycles. The maximum Gasteiger partial charge on any atom is 0.142 e. The molecule has 19 heavy (non-hydrogen) atoms. The van der Waals surface area contributed by atoms with Crippen LogP contribution in [-0.2, 0) is 0 Å². The third kappa shape index (κ3) is 4.03. The van der Waals surface area contributed by atoms with Gasteiger partial charge in [-0.05, 0) is 30.5 Å². The number of ether oxygens (including phenoxy) is 2. The van der Waals surface area contributed by atoms with Gasteiger partial charge in [0.05, 0.1) is 19.9 Å². The van der Waals surface area contributed by atoms with Crippen molar-refractivity contribution in [3.05, 3.63) is 18.2 Å². The first kappa shape index (κ1) is 15.6. The highest BCUT2D eigenvalue weighted by Crippen LogP contribution is 2.32. The van der Waals surface area contributed by atoms with Crippen molar-refractivity contribution in [3.63, 3.8) is 0 Å². The molecule has 0 saturated heterocycles. The second-order valence-corrected chi connectivity index (χ2v) is 5.16. The molecule has 2 N–H and O–H groups in total. The number of nitrogens with zero attached hydrogens (tertiary/aromatic N) is 1. The van der Waals surface area contributed by atoms with Crippen LogP contribution in [0.5, 0.6) is 11.5 Å². The Balaban J connectivity index is 2.93. The SMILES string of the molecule is COc1ccc(OC)c(N(C)CC(CN)C(C)C)c1. The van der Waals surface area contributed by atoms with Crippen LogP contribution in [0.15, 0.2) is 18.2 Å². The van der Waals surface area contributed by atoms with Crippen LogP contribution in [0, 0.1) is 11.8 Å². The highest BCUT2D eigenvalue weighted by molar-refractivity contribution is 5.61. The standard InChI is InChI=1S/C15H26N2O2/c1-11(2)12(9-16)10-17(3)14-8-13(18-4)6-7-15(14)19-5/h6-8,11-12H,9-10,16H2,1-5H3. The van der Waals surface area contributed by atoms with Crippen LogP contribution in [0.25, 0.3) is 0 Å². The molecule has 0 saturated carbocycles. The Labute approximate surface area is 116 Å². The molecule has 0 amide bonds. The van der Waals surface area contributed by atoms with Crippen molar-refractivity contribution in [1.29, 1.82) is 0 Å². The average molecular weight is 266 g/mol. The molecule has 0 fully saturated rings. The van der Waals surface area contributed by atoms with Gasteiger partial charge < -0.3 is 20.1 Å². The van der Waals surface area contributed by atoms with Crippen LogP contribution >= 0.6 is 0 Å². The average Bonchev–Trinajstić information content (AvgIpc) is 2.43. The van der Waals surface area contributed by atoms with E-state index in [0.29, 0.717) is 18.4 Å². The zero-order chi connectivity index (χ0) is 14.4. The number of hydrogen-bond donors (Lipinski definition) is 1. The molecule has 4 heteroatoms. The third-order valence-corrected chi connectivity index (χ3v) is 3.55. The number of hydrogen-bond acceptors (Lipinski definition) is 4. The van der Waals surface area contributed by atoms with Crippen LogP contribution < -0.4 is 20.1 Å². The molecule has 0 heterocycles. The van der Waals surface area contributed by atoms with Crippen LogP contribution in [0.2, 0.25) is 0 Å². The van der Waals surface area contributed by atoms with Crippen molar-refractivity contribution < 1.29 is 9.47 Å². The van der Waals surface area contributed by atoms with Crippen molar-refractivity contribution in [3.8, 4) is 11.5 Å². The molecule has 108 valence electrons. The van der Waals surface area contributed by atoms with E-state index in [-0.39, 0.29) is 0 Å². The van der Waals surface area contributed by atoms with E-state index in [4.69, 9.17) is 15.2 Å². The quantitative estimate of drug-likeness (QED) is 0.823. The minimum Gasteiger partial charge on any atom is -0.497 e. The van der Waals surface area contributed by atoms with E-state index in [1.807, 2.05) is 18.2 Å². The fourth-order valence-electron chi connectivity index (χ4n) is 2.10. The minimum atomic E-state index is 0.459. The summed E-state index contributed by atoms with van der Waals surface area (Å²) in [6, 6.07) is 5.82. The smallest absolute Gasteiger partial charge is 0.142 e. The molecule has 4 nitrogen and oxygen atoms in total. The fourth-order valence-corrected chi connectivity index (χ4v) is 2.10. The maximum atomic E-state index is 5.84. The van der Waals surface area contributed by atoms with Crippen molar-refractivity contribution in [2.45, 2.75) is 13.8 Å². The lowest BCUT2D eigenvalue weighted by atomic mass is 9.95. The number of nitrogens with two attached hydrogens (primary N) is 1. The molecule has 0 spiro atoms. The Morgan fingerprint density at radius 2 is 1.89 bits per heavy atom. The molecule has 0 aliphatic heterocycles. The first-order valence-corrected chi connectivity index (χ1v) is 6.66. The van der Waals surface area contributed by atoms with E-state index >= 15 is 0 Å². The Morgan fingerprint density at radius 1 is 1.21 bits per heavy atom. The lowest BCUT2D eigenvalue weighted by molar-refractivity contribution is 0.388. The topological polar surface area (TPSA) is 47.7 Å². The fraction of sp³-hybridized carbons (Fsp3) is 0.600. The predicted octanol–water partition coefficient (Wildman–Crippen LogP) is 2.37. The third-order valence-electron chi connectivity index (χ3n) is 3.55. The first-order chi connectivity index (χ1) is 9.03. The second-order valence-electron chi connectivity index (χ2n) is 5.16. The van der Waals surface area contributed by atoms with Crippen LogP contribution in [0.1, 0.15) is 13.8 Å². The van der Waals surface area contributed by atoms with E-state index < -0.39 is 0 Å². The number of benzene rings is 1. The molecule has 0 aromatic heterocycles. The largest absolute Gasteiger partial charge is 0.497 e. The number of methoxy groups -OCH3 is 2. The normalized spacial score (nSPS) is 12.4. The Kier molecular flexibility index (Phi) is 5.96. The molecule has 0 radical (unpaired) electrons. The van der Waals surface area contributed by atoms with E-state index in [1.165, 1.54) is 0 Å². The highest BCUT2D eigenvalue weighted by atomic mass is 16.5. The van der Waals surface area contributed by atoms with Gasteiger partial charge in [-0.2, -0.15) is 0 Å². The van der Waals surface area contributed by atoms with Gasteiger partial charge in [-0.3, -0.25) is 0 Å². The van der Waals surface area contributed by atoms with Crippen LogP contribution in [-0.4, -0.2) is 34.4 Å². The molecule has 1 aromatic rings. The lowest BCUT2D eigenvalue weighted by Crippen LogP contribution is -2.33. The number of anilines is 1. The lowest BCUT2D eigenvalue weighted by Gasteiger charge is -2.28. The van der Waals surface area contributed by atoms with Crippen LogP contribution in [0.3, 0.4) is 0 Å². The summed E-state index contributed by atoms with van der Waals surface area (Å²) in [5.41, 5.74) is 6.87. The number of rotatable bonds is 7. The summed E-state index contributed by atoms with van der Waals surface area (Å²) in [5.74, 6) is 2.70. The van der Waals surface area contributed by atoms with Gasteiger partial charge in [-0.1, -0.05) is 13.8 Å². The van der Waals surface area contributed by atoms with Crippen molar-refractivity contribution in [2.75, 3.05) is 39.3 Å².